The lowest BCUT2D eigenvalue weighted by Crippen LogP contribution is -2.00. The van der Waals surface area contributed by atoms with Gasteiger partial charge in [0.15, 0.2) is 0 Å². The molecule has 1 heterocycles. The number of anilines is 1. The fourth-order valence-corrected chi connectivity index (χ4v) is 2.36. The summed E-state index contributed by atoms with van der Waals surface area (Å²) in [6.45, 7) is 0.577. The van der Waals surface area contributed by atoms with E-state index in [1.54, 1.807) is 6.07 Å². The van der Waals surface area contributed by atoms with E-state index in [0.717, 1.165) is 16.5 Å². The maximum absolute atomic E-state index is 10.9. The molecule has 0 aliphatic heterocycles. The molecule has 0 saturated heterocycles. The van der Waals surface area contributed by atoms with Crippen LogP contribution in [0.5, 0.6) is 0 Å². The summed E-state index contributed by atoms with van der Waals surface area (Å²) in [4.78, 5) is 13.5. The number of aromatic nitrogens is 1. The zero-order chi connectivity index (χ0) is 14.8. The SMILES string of the molecule is O=[N+]([O-])c1cc(NCc2ccc3cc[nH]c3c2)ccc1Cl. The lowest BCUT2D eigenvalue weighted by molar-refractivity contribution is -0.384. The van der Waals surface area contributed by atoms with Crippen LogP contribution < -0.4 is 5.32 Å². The minimum absolute atomic E-state index is 0.0958. The molecule has 2 N–H and O–H groups in total. The molecule has 3 rings (SSSR count). The summed E-state index contributed by atoms with van der Waals surface area (Å²) in [5, 5.41) is 15.3. The number of nitro benzene ring substituents is 1. The zero-order valence-corrected chi connectivity index (χ0v) is 11.7. The first-order valence-electron chi connectivity index (χ1n) is 6.37. The highest BCUT2D eigenvalue weighted by molar-refractivity contribution is 6.32. The molecule has 0 fully saturated rings. The average molecular weight is 302 g/mol. The summed E-state index contributed by atoms with van der Waals surface area (Å²) in [6.07, 6.45) is 1.89. The highest BCUT2D eigenvalue weighted by Gasteiger charge is 2.12. The van der Waals surface area contributed by atoms with Gasteiger partial charge >= 0.3 is 0 Å². The quantitative estimate of drug-likeness (QED) is 0.556. The number of H-pyrrole nitrogens is 1. The maximum atomic E-state index is 10.9. The Bertz CT molecular complexity index is 814. The number of aromatic amines is 1. The largest absolute Gasteiger partial charge is 0.381 e. The van der Waals surface area contributed by atoms with Gasteiger partial charge in [0.25, 0.3) is 5.69 Å². The second-order valence-electron chi connectivity index (χ2n) is 4.68. The average Bonchev–Trinajstić information content (AvgIpc) is 2.93. The first-order chi connectivity index (χ1) is 10.1. The molecule has 6 heteroatoms. The van der Waals surface area contributed by atoms with Crippen molar-refractivity contribution in [2.45, 2.75) is 6.54 Å². The molecule has 0 atom stereocenters. The monoisotopic (exact) mass is 301 g/mol. The number of nitro groups is 1. The smallest absolute Gasteiger partial charge is 0.289 e. The number of hydrogen-bond acceptors (Lipinski definition) is 3. The van der Waals surface area contributed by atoms with Crippen LogP contribution in [0.3, 0.4) is 0 Å². The van der Waals surface area contributed by atoms with Crippen LogP contribution >= 0.6 is 11.6 Å². The number of nitrogens with zero attached hydrogens (tertiary/aromatic N) is 1. The van der Waals surface area contributed by atoms with E-state index in [4.69, 9.17) is 11.6 Å². The van der Waals surface area contributed by atoms with Crippen LogP contribution in [0.1, 0.15) is 5.56 Å². The molecule has 5 nitrogen and oxygen atoms in total. The van der Waals surface area contributed by atoms with E-state index < -0.39 is 4.92 Å². The molecular weight excluding hydrogens is 290 g/mol. The number of halogens is 1. The molecule has 3 aromatic rings. The van der Waals surface area contributed by atoms with Crippen molar-refractivity contribution in [3.63, 3.8) is 0 Å². The number of hydrogen-bond donors (Lipinski definition) is 2. The van der Waals surface area contributed by atoms with Gasteiger partial charge in [-0.05, 0) is 35.2 Å². The van der Waals surface area contributed by atoms with Gasteiger partial charge < -0.3 is 10.3 Å². The van der Waals surface area contributed by atoms with E-state index in [-0.39, 0.29) is 10.7 Å². The van der Waals surface area contributed by atoms with E-state index in [1.165, 1.54) is 12.1 Å². The number of benzene rings is 2. The lowest BCUT2D eigenvalue weighted by atomic mass is 10.1. The first-order valence-corrected chi connectivity index (χ1v) is 6.75. The molecule has 21 heavy (non-hydrogen) atoms. The summed E-state index contributed by atoms with van der Waals surface area (Å²) < 4.78 is 0. The van der Waals surface area contributed by atoms with E-state index in [2.05, 4.69) is 10.3 Å². The molecule has 0 aliphatic rings. The number of nitrogens with one attached hydrogen (secondary N) is 2. The summed E-state index contributed by atoms with van der Waals surface area (Å²) in [6, 6.07) is 12.8. The van der Waals surface area contributed by atoms with Crippen molar-refractivity contribution in [3.8, 4) is 0 Å². The first kappa shape index (κ1) is 13.5. The van der Waals surface area contributed by atoms with Crippen molar-refractivity contribution < 1.29 is 4.92 Å². The minimum atomic E-state index is -0.488. The van der Waals surface area contributed by atoms with Crippen LogP contribution in [0.2, 0.25) is 5.02 Å². The van der Waals surface area contributed by atoms with Crippen LogP contribution in [0, 0.1) is 10.1 Å². The Morgan fingerprint density at radius 3 is 2.86 bits per heavy atom. The minimum Gasteiger partial charge on any atom is -0.381 e. The Kier molecular flexibility index (Phi) is 3.50. The molecule has 1 aromatic heterocycles. The Balaban J connectivity index is 1.77. The van der Waals surface area contributed by atoms with E-state index in [0.29, 0.717) is 12.2 Å². The van der Waals surface area contributed by atoms with Gasteiger partial charge in [0.2, 0.25) is 0 Å². The molecule has 0 spiro atoms. The molecular formula is C15H12ClN3O2. The van der Waals surface area contributed by atoms with Crippen LogP contribution in [0.25, 0.3) is 10.9 Å². The summed E-state index contributed by atoms with van der Waals surface area (Å²) in [5.74, 6) is 0. The van der Waals surface area contributed by atoms with Gasteiger partial charge in [-0.2, -0.15) is 0 Å². The van der Waals surface area contributed by atoms with Crippen molar-refractivity contribution in [1.29, 1.82) is 0 Å². The number of rotatable bonds is 4. The fourth-order valence-electron chi connectivity index (χ4n) is 2.17. The standard InChI is InChI=1S/C15H12ClN3O2/c16-13-4-3-12(8-15(13)19(20)21)18-9-10-1-2-11-5-6-17-14(11)7-10/h1-8,17-18H,9H2. The third-order valence-corrected chi connectivity index (χ3v) is 3.58. The van der Waals surface area contributed by atoms with Crippen molar-refractivity contribution in [2.75, 3.05) is 5.32 Å². The van der Waals surface area contributed by atoms with E-state index in [1.807, 2.05) is 30.5 Å². The van der Waals surface area contributed by atoms with Crippen LogP contribution in [0.4, 0.5) is 11.4 Å². The number of fused-ring (bicyclic) bond motifs is 1. The maximum Gasteiger partial charge on any atom is 0.289 e. The van der Waals surface area contributed by atoms with Gasteiger partial charge in [-0.15, -0.1) is 0 Å². The van der Waals surface area contributed by atoms with Gasteiger partial charge in [0, 0.05) is 30.0 Å². The molecule has 0 saturated carbocycles. The molecule has 0 amide bonds. The van der Waals surface area contributed by atoms with Crippen molar-refractivity contribution in [2.24, 2.45) is 0 Å². The van der Waals surface area contributed by atoms with Crippen molar-refractivity contribution in [3.05, 3.63) is 69.4 Å². The van der Waals surface area contributed by atoms with Crippen LogP contribution in [-0.2, 0) is 6.54 Å². The van der Waals surface area contributed by atoms with Crippen molar-refractivity contribution in [1.82, 2.24) is 4.98 Å². The highest BCUT2D eigenvalue weighted by atomic mass is 35.5. The summed E-state index contributed by atoms with van der Waals surface area (Å²) in [7, 11) is 0. The third-order valence-electron chi connectivity index (χ3n) is 3.26. The fraction of sp³-hybridized carbons (Fsp3) is 0.0667. The van der Waals surface area contributed by atoms with Crippen LogP contribution in [0.15, 0.2) is 48.7 Å². The zero-order valence-electron chi connectivity index (χ0n) is 11.0. The molecule has 106 valence electrons. The van der Waals surface area contributed by atoms with Gasteiger partial charge in [0.1, 0.15) is 5.02 Å². The van der Waals surface area contributed by atoms with Crippen molar-refractivity contribution >= 4 is 33.9 Å². The van der Waals surface area contributed by atoms with Crippen LogP contribution in [-0.4, -0.2) is 9.91 Å². The van der Waals surface area contributed by atoms with Gasteiger partial charge in [-0.25, -0.2) is 0 Å². The predicted molar refractivity (Wildman–Crippen MR) is 83.7 cm³/mol. The molecule has 0 radical (unpaired) electrons. The Labute approximate surface area is 125 Å². The van der Waals surface area contributed by atoms with Gasteiger partial charge in [-0.1, -0.05) is 23.7 Å². The third kappa shape index (κ3) is 2.83. The molecule has 0 aliphatic carbocycles. The lowest BCUT2D eigenvalue weighted by Gasteiger charge is -2.07. The topological polar surface area (TPSA) is 71.0 Å². The Morgan fingerprint density at radius 2 is 2.05 bits per heavy atom. The second kappa shape index (κ2) is 5.46. The second-order valence-corrected chi connectivity index (χ2v) is 5.08. The Hall–Kier alpha value is -2.53. The molecule has 0 bridgehead atoms. The summed E-state index contributed by atoms with van der Waals surface area (Å²) in [5.41, 5.74) is 2.72. The molecule has 0 unspecified atom stereocenters. The van der Waals surface area contributed by atoms with Gasteiger partial charge in [0.05, 0.1) is 4.92 Å². The highest BCUT2D eigenvalue weighted by Crippen LogP contribution is 2.27. The Morgan fingerprint density at radius 1 is 1.19 bits per heavy atom. The molecule has 2 aromatic carbocycles. The van der Waals surface area contributed by atoms with Gasteiger partial charge in [-0.3, -0.25) is 10.1 Å². The summed E-state index contributed by atoms with van der Waals surface area (Å²) >= 11 is 5.79. The van der Waals surface area contributed by atoms with E-state index >= 15 is 0 Å². The predicted octanol–water partition coefficient (Wildman–Crippen LogP) is 4.34. The normalized spacial score (nSPS) is 10.7. The van der Waals surface area contributed by atoms with E-state index in [9.17, 15) is 10.1 Å².